The molecule has 0 atom stereocenters. The van der Waals surface area contributed by atoms with Crippen LogP contribution >= 0.6 is 11.6 Å². The quantitative estimate of drug-likeness (QED) is 0.884. The molecule has 0 radical (unpaired) electrons. The van der Waals surface area contributed by atoms with Gasteiger partial charge >= 0.3 is 0 Å². The van der Waals surface area contributed by atoms with Crippen LogP contribution < -0.4 is 5.32 Å². The van der Waals surface area contributed by atoms with Crippen LogP contribution in [0.5, 0.6) is 0 Å². The van der Waals surface area contributed by atoms with E-state index in [1.54, 1.807) is 0 Å². The molecule has 0 fully saturated rings. The number of nitrogens with one attached hydrogen (secondary N) is 1. The molecule has 0 saturated carbocycles. The van der Waals surface area contributed by atoms with Crippen molar-refractivity contribution < 1.29 is 0 Å². The lowest BCUT2D eigenvalue weighted by Crippen LogP contribution is -2.27. The maximum Gasteiger partial charge on any atom is 0.137 e. The van der Waals surface area contributed by atoms with Gasteiger partial charge in [-0.25, -0.2) is 4.98 Å². The van der Waals surface area contributed by atoms with Crippen LogP contribution in [0.15, 0.2) is 24.5 Å². The average Bonchev–Trinajstić information content (AvgIpc) is 2.72. The lowest BCUT2D eigenvalue weighted by molar-refractivity contribution is 0.481. The number of halogens is 1. The fraction of sp³-hybridized carbons (Fsp3) is 0.462. The topological polar surface area (TPSA) is 29.3 Å². The maximum atomic E-state index is 5.94. The summed E-state index contributed by atoms with van der Waals surface area (Å²) in [5.74, 6) is 0. The van der Waals surface area contributed by atoms with Crippen molar-refractivity contribution in [2.24, 2.45) is 0 Å². The summed E-state index contributed by atoms with van der Waals surface area (Å²) in [7, 11) is 0. The van der Waals surface area contributed by atoms with Crippen molar-refractivity contribution in [1.82, 2.24) is 14.7 Å². The molecule has 0 bridgehead atoms. The van der Waals surface area contributed by atoms with Crippen LogP contribution in [0.3, 0.4) is 0 Å². The first-order chi connectivity index (χ1) is 8.22. The van der Waals surface area contributed by atoms with Crippen LogP contribution in [-0.2, 0) is 6.54 Å². The molecular formula is C13H18ClN3. The van der Waals surface area contributed by atoms with Crippen molar-refractivity contribution in [3.63, 3.8) is 0 Å². The fourth-order valence-corrected chi connectivity index (χ4v) is 2.10. The van der Waals surface area contributed by atoms with E-state index in [0.717, 1.165) is 35.8 Å². The Hall–Kier alpha value is -1.06. The van der Waals surface area contributed by atoms with Gasteiger partial charge in [0.25, 0.3) is 0 Å². The van der Waals surface area contributed by atoms with E-state index >= 15 is 0 Å². The minimum atomic E-state index is 0.573. The standard InChI is InChI=1S/C13H18ClN3/c1-3-11(4-2)15-7-12-9-17-8-10(14)5-6-13(17)16-12/h5-6,8-9,11,15H,3-4,7H2,1-2H3. The van der Waals surface area contributed by atoms with Crippen molar-refractivity contribution in [3.8, 4) is 0 Å². The van der Waals surface area contributed by atoms with E-state index < -0.39 is 0 Å². The van der Waals surface area contributed by atoms with Gasteiger partial charge in [0.2, 0.25) is 0 Å². The Balaban J connectivity index is 2.09. The normalized spacial score (nSPS) is 11.5. The second kappa shape index (κ2) is 5.52. The van der Waals surface area contributed by atoms with Crippen molar-refractivity contribution >= 4 is 17.2 Å². The Labute approximate surface area is 107 Å². The number of aromatic nitrogens is 2. The largest absolute Gasteiger partial charge is 0.308 e. The summed E-state index contributed by atoms with van der Waals surface area (Å²) < 4.78 is 1.96. The number of nitrogens with zero attached hydrogens (tertiary/aromatic N) is 2. The summed E-state index contributed by atoms with van der Waals surface area (Å²) in [4.78, 5) is 4.54. The van der Waals surface area contributed by atoms with Crippen LogP contribution in [0.4, 0.5) is 0 Å². The number of pyridine rings is 1. The number of imidazole rings is 1. The highest BCUT2D eigenvalue weighted by atomic mass is 35.5. The molecule has 0 aromatic carbocycles. The summed E-state index contributed by atoms with van der Waals surface area (Å²) in [6.07, 6.45) is 6.20. The first-order valence-electron chi connectivity index (χ1n) is 6.09. The van der Waals surface area contributed by atoms with Gasteiger partial charge in [-0.3, -0.25) is 0 Å². The second-order valence-electron chi connectivity index (χ2n) is 4.24. The van der Waals surface area contributed by atoms with Gasteiger partial charge in [-0.1, -0.05) is 25.4 Å². The van der Waals surface area contributed by atoms with Crippen LogP contribution in [0.1, 0.15) is 32.4 Å². The van der Waals surface area contributed by atoms with Crippen LogP contribution in [0.25, 0.3) is 5.65 Å². The molecule has 17 heavy (non-hydrogen) atoms. The minimum Gasteiger partial charge on any atom is -0.308 e. The van der Waals surface area contributed by atoms with Crippen molar-refractivity contribution in [2.75, 3.05) is 0 Å². The number of fused-ring (bicyclic) bond motifs is 1. The third-order valence-corrected chi connectivity index (χ3v) is 3.25. The first kappa shape index (κ1) is 12.4. The zero-order valence-electron chi connectivity index (χ0n) is 10.3. The van der Waals surface area contributed by atoms with Gasteiger partial charge < -0.3 is 9.72 Å². The second-order valence-corrected chi connectivity index (χ2v) is 4.68. The van der Waals surface area contributed by atoms with E-state index in [0.29, 0.717) is 6.04 Å². The van der Waals surface area contributed by atoms with Gasteiger partial charge in [0.1, 0.15) is 5.65 Å². The molecule has 2 rings (SSSR count). The van der Waals surface area contributed by atoms with E-state index in [1.165, 1.54) is 0 Å². The molecule has 2 aromatic rings. The van der Waals surface area contributed by atoms with Crippen molar-refractivity contribution in [2.45, 2.75) is 39.3 Å². The molecule has 4 heteroatoms. The van der Waals surface area contributed by atoms with Gasteiger partial charge in [-0.05, 0) is 25.0 Å². The molecule has 92 valence electrons. The zero-order valence-corrected chi connectivity index (χ0v) is 11.0. The lowest BCUT2D eigenvalue weighted by atomic mass is 10.2. The van der Waals surface area contributed by atoms with Gasteiger partial charge in [-0.2, -0.15) is 0 Å². The molecule has 0 saturated heterocycles. The molecule has 2 aromatic heterocycles. The summed E-state index contributed by atoms with van der Waals surface area (Å²) in [5.41, 5.74) is 2.00. The molecule has 1 N–H and O–H groups in total. The van der Waals surface area contributed by atoms with Crippen molar-refractivity contribution in [1.29, 1.82) is 0 Å². The molecule has 3 nitrogen and oxygen atoms in total. The van der Waals surface area contributed by atoms with Crippen molar-refractivity contribution in [3.05, 3.63) is 35.2 Å². The Bertz CT molecular complexity index is 488. The highest BCUT2D eigenvalue weighted by molar-refractivity contribution is 6.30. The van der Waals surface area contributed by atoms with E-state index in [4.69, 9.17) is 11.6 Å². The third kappa shape index (κ3) is 2.99. The highest BCUT2D eigenvalue weighted by Crippen LogP contribution is 2.12. The summed E-state index contributed by atoms with van der Waals surface area (Å²) in [6.45, 7) is 5.21. The molecule has 2 heterocycles. The Morgan fingerprint density at radius 3 is 2.76 bits per heavy atom. The number of hydrogen-bond donors (Lipinski definition) is 1. The van der Waals surface area contributed by atoms with Gasteiger partial charge in [0, 0.05) is 25.0 Å². The predicted octanol–water partition coefficient (Wildman–Crippen LogP) is 3.27. The SMILES string of the molecule is CCC(CC)NCc1cn2cc(Cl)ccc2n1. The first-order valence-corrected chi connectivity index (χ1v) is 6.47. The summed E-state index contributed by atoms with van der Waals surface area (Å²) in [5, 5.41) is 4.23. The van der Waals surface area contributed by atoms with Crippen LogP contribution in [0.2, 0.25) is 5.02 Å². The van der Waals surface area contributed by atoms with Crippen LogP contribution in [0, 0.1) is 0 Å². The monoisotopic (exact) mass is 251 g/mol. The van der Waals surface area contributed by atoms with E-state index in [-0.39, 0.29) is 0 Å². The third-order valence-electron chi connectivity index (χ3n) is 3.02. The molecule has 0 aliphatic carbocycles. The maximum absolute atomic E-state index is 5.94. The lowest BCUT2D eigenvalue weighted by Gasteiger charge is -2.12. The molecule has 0 spiro atoms. The fourth-order valence-electron chi connectivity index (χ4n) is 1.93. The number of hydrogen-bond acceptors (Lipinski definition) is 2. The Morgan fingerprint density at radius 1 is 1.29 bits per heavy atom. The highest BCUT2D eigenvalue weighted by Gasteiger charge is 2.05. The summed E-state index contributed by atoms with van der Waals surface area (Å²) in [6, 6.07) is 4.37. The minimum absolute atomic E-state index is 0.573. The molecular weight excluding hydrogens is 234 g/mol. The zero-order chi connectivity index (χ0) is 12.3. The average molecular weight is 252 g/mol. The molecule has 0 aliphatic heterocycles. The van der Waals surface area contributed by atoms with Gasteiger partial charge in [0.05, 0.1) is 10.7 Å². The smallest absolute Gasteiger partial charge is 0.137 e. The van der Waals surface area contributed by atoms with E-state index in [2.05, 4.69) is 24.1 Å². The Kier molecular flexibility index (Phi) is 4.02. The predicted molar refractivity (Wildman–Crippen MR) is 71.4 cm³/mol. The van der Waals surface area contributed by atoms with E-state index in [9.17, 15) is 0 Å². The molecule has 0 unspecified atom stereocenters. The molecule has 0 aliphatic rings. The van der Waals surface area contributed by atoms with E-state index in [1.807, 2.05) is 28.9 Å². The molecule has 0 amide bonds. The summed E-state index contributed by atoms with van der Waals surface area (Å²) >= 11 is 5.94. The number of rotatable bonds is 5. The van der Waals surface area contributed by atoms with Gasteiger partial charge in [-0.15, -0.1) is 0 Å². The Morgan fingerprint density at radius 2 is 2.06 bits per heavy atom. The van der Waals surface area contributed by atoms with Crippen LogP contribution in [-0.4, -0.2) is 15.4 Å². The van der Waals surface area contributed by atoms with Gasteiger partial charge in [0.15, 0.2) is 0 Å².